The van der Waals surface area contributed by atoms with E-state index in [1.54, 1.807) is 12.8 Å². The fourth-order valence-electron chi connectivity index (χ4n) is 4.73. The van der Waals surface area contributed by atoms with Crippen molar-refractivity contribution in [2.45, 2.75) is 90.4 Å². The molecule has 0 nitrogen and oxygen atoms in total. The molecule has 2 aliphatic rings. The van der Waals surface area contributed by atoms with Crippen molar-refractivity contribution in [2.24, 2.45) is 23.7 Å². The van der Waals surface area contributed by atoms with E-state index < -0.39 is 0 Å². The van der Waals surface area contributed by atoms with Crippen molar-refractivity contribution in [1.29, 1.82) is 0 Å². The van der Waals surface area contributed by atoms with E-state index in [0.29, 0.717) is 0 Å². The first-order valence-corrected chi connectivity index (χ1v) is 9.92. The molecule has 0 aromatic rings. The molecule has 0 aromatic carbocycles. The van der Waals surface area contributed by atoms with Gasteiger partial charge < -0.3 is 0 Å². The van der Waals surface area contributed by atoms with Crippen molar-refractivity contribution < 1.29 is 0 Å². The summed E-state index contributed by atoms with van der Waals surface area (Å²) >= 11 is 5.89. The fraction of sp³-hybridized carbons (Fsp3) is 1.00. The van der Waals surface area contributed by atoms with E-state index in [1.165, 1.54) is 70.6 Å². The largest absolute Gasteiger partial charge is 0.127 e. The lowest BCUT2D eigenvalue weighted by molar-refractivity contribution is 0.142. The summed E-state index contributed by atoms with van der Waals surface area (Å²) < 4.78 is 0. The average molecular weight is 299 g/mol. The van der Waals surface area contributed by atoms with Gasteiger partial charge in [0.2, 0.25) is 0 Å². The topological polar surface area (TPSA) is 0 Å². The summed E-state index contributed by atoms with van der Waals surface area (Å²) in [5.41, 5.74) is 0. The molecule has 2 aliphatic carbocycles. The summed E-state index contributed by atoms with van der Waals surface area (Å²) in [6.07, 6.45) is 19.2. The standard InChI is InChI=1S/C19H35Cl/c1-2-3-4-5-16-6-10-18(11-7-16)19-12-8-17(9-13-19)14-15-20/h16-19H,2-15H2,1H3. The third-order valence-corrected chi connectivity index (χ3v) is 6.40. The molecule has 0 radical (unpaired) electrons. The monoisotopic (exact) mass is 298 g/mol. The lowest BCUT2D eigenvalue weighted by atomic mass is 9.68. The van der Waals surface area contributed by atoms with Gasteiger partial charge in [0.15, 0.2) is 0 Å². The Morgan fingerprint density at radius 1 is 0.700 bits per heavy atom. The maximum Gasteiger partial charge on any atom is 0.0226 e. The Labute approximate surface area is 132 Å². The molecule has 2 rings (SSSR count). The molecule has 0 saturated heterocycles. The van der Waals surface area contributed by atoms with Gasteiger partial charge in [0.1, 0.15) is 0 Å². The van der Waals surface area contributed by atoms with Crippen LogP contribution < -0.4 is 0 Å². The van der Waals surface area contributed by atoms with Crippen LogP contribution in [0.3, 0.4) is 0 Å². The minimum Gasteiger partial charge on any atom is -0.127 e. The minimum atomic E-state index is 0.873. The lowest BCUT2D eigenvalue weighted by Gasteiger charge is -2.38. The van der Waals surface area contributed by atoms with Gasteiger partial charge in [-0.05, 0) is 55.8 Å². The summed E-state index contributed by atoms with van der Waals surface area (Å²) in [6, 6.07) is 0. The highest BCUT2D eigenvalue weighted by Crippen LogP contribution is 2.42. The first kappa shape index (κ1) is 16.7. The Bertz CT molecular complexity index is 234. The van der Waals surface area contributed by atoms with Crippen LogP contribution in [0.25, 0.3) is 0 Å². The molecule has 2 fully saturated rings. The average Bonchev–Trinajstić information content (AvgIpc) is 2.49. The Morgan fingerprint density at radius 3 is 1.65 bits per heavy atom. The van der Waals surface area contributed by atoms with Crippen LogP contribution >= 0.6 is 11.6 Å². The highest BCUT2D eigenvalue weighted by Gasteiger charge is 2.30. The minimum absolute atomic E-state index is 0.873. The Kier molecular flexibility index (Phi) is 7.78. The molecule has 0 aliphatic heterocycles. The first-order chi connectivity index (χ1) is 9.83. The van der Waals surface area contributed by atoms with Gasteiger partial charge in [0.05, 0.1) is 0 Å². The van der Waals surface area contributed by atoms with E-state index in [4.69, 9.17) is 11.6 Å². The lowest BCUT2D eigenvalue weighted by Crippen LogP contribution is -2.26. The third-order valence-electron chi connectivity index (χ3n) is 6.18. The second-order valence-electron chi connectivity index (χ2n) is 7.54. The van der Waals surface area contributed by atoms with Gasteiger partial charge in [0, 0.05) is 5.88 Å². The zero-order chi connectivity index (χ0) is 14.2. The third kappa shape index (κ3) is 5.24. The number of hydrogen-bond donors (Lipinski definition) is 0. The molecule has 1 heteroatoms. The molecule has 0 N–H and O–H groups in total. The second-order valence-corrected chi connectivity index (χ2v) is 7.91. The Morgan fingerprint density at radius 2 is 1.20 bits per heavy atom. The van der Waals surface area contributed by atoms with Crippen LogP contribution in [0.2, 0.25) is 0 Å². The van der Waals surface area contributed by atoms with E-state index in [2.05, 4.69) is 6.92 Å². The van der Waals surface area contributed by atoms with Crippen LogP contribution in [0.1, 0.15) is 90.4 Å². The van der Waals surface area contributed by atoms with Crippen LogP contribution in [-0.2, 0) is 0 Å². The van der Waals surface area contributed by atoms with E-state index in [9.17, 15) is 0 Å². The summed E-state index contributed by atoms with van der Waals surface area (Å²) in [5.74, 6) is 5.05. The number of alkyl halides is 1. The van der Waals surface area contributed by atoms with E-state index in [0.717, 1.165) is 29.6 Å². The quantitative estimate of drug-likeness (QED) is 0.358. The summed E-state index contributed by atoms with van der Waals surface area (Å²) in [6.45, 7) is 2.32. The van der Waals surface area contributed by atoms with E-state index in [1.807, 2.05) is 0 Å². The maximum atomic E-state index is 5.89. The molecule has 0 atom stereocenters. The summed E-state index contributed by atoms with van der Waals surface area (Å²) in [7, 11) is 0. The molecule has 0 spiro atoms. The summed E-state index contributed by atoms with van der Waals surface area (Å²) in [4.78, 5) is 0. The van der Waals surface area contributed by atoms with Crippen LogP contribution in [0, 0.1) is 23.7 Å². The zero-order valence-corrected chi connectivity index (χ0v) is 14.3. The second kappa shape index (κ2) is 9.34. The Balaban J connectivity index is 1.62. The molecule has 118 valence electrons. The van der Waals surface area contributed by atoms with Crippen LogP contribution in [0.5, 0.6) is 0 Å². The van der Waals surface area contributed by atoms with Crippen molar-refractivity contribution in [1.82, 2.24) is 0 Å². The molecular formula is C19H35Cl. The van der Waals surface area contributed by atoms with E-state index >= 15 is 0 Å². The smallest absolute Gasteiger partial charge is 0.0226 e. The van der Waals surface area contributed by atoms with Gasteiger partial charge in [-0.25, -0.2) is 0 Å². The predicted octanol–water partition coefficient (Wildman–Crippen LogP) is 6.81. The molecule has 0 aromatic heterocycles. The molecule has 0 unspecified atom stereocenters. The van der Waals surface area contributed by atoms with Crippen LogP contribution in [0.4, 0.5) is 0 Å². The number of hydrogen-bond acceptors (Lipinski definition) is 0. The van der Waals surface area contributed by atoms with Gasteiger partial charge in [-0.15, -0.1) is 11.6 Å². The predicted molar refractivity (Wildman–Crippen MR) is 90.4 cm³/mol. The molecule has 20 heavy (non-hydrogen) atoms. The van der Waals surface area contributed by atoms with Crippen molar-refractivity contribution in [2.75, 3.05) is 5.88 Å². The van der Waals surface area contributed by atoms with Crippen molar-refractivity contribution >= 4 is 11.6 Å². The van der Waals surface area contributed by atoms with Crippen molar-refractivity contribution in [3.8, 4) is 0 Å². The number of halogens is 1. The summed E-state index contributed by atoms with van der Waals surface area (Å²) in [5, 5.41) is 0. The van der Waals surface area contributed by atoms with Gasteiger partial charge in [-0.1, -0.05) is 58.3 Å². The zero-order valence-electron chi connectivity index (χ0n) is 13.6. The van der Waals surface area contributed by atoms with Gasteiger partial charge in [-0.3, -0.25) is 0 Å². The first-order valence-electron chi connectivity index (χ1n) is 9.39. The van der Waals surface area contributed by atoms with Gasteiger partial charge in [-0.2, -0.15) is 0 Å². The molecule has 0 amide bonds. The normalized spacial score (nSPS) is 35.1. The van der Waals surface area contributed by atoms with Gasteiger partial charge >= 0.3 is 0 Å². The van der Waals surface area contributed by atoms with Crippen molar-refractivity contribution in [3.05, 3.63) is 0 Å². The van der Waals surface area contributed by atoms with Crippen LogP contribution in [0.15, 0.2) is 0 Å². The SMILES string of the molecule is CCCCCC1CCC(C2CCC(CCCl)CC2)CC1. The Hall–Kier alpha value is 0.290. The van der Waals surface area contributed by atoms with Gasteiger partial charge in [0.25, 0.3) is 0 Å². The maximum absolute atomic E-state index is 5.89. The number of rotatable bonds is 7. The molecule has 0 heterocycles. The molecular weight excluding hydrogens is 264 g/mol. The highest BCUT2D eigenvalue weighted by atomic mass is 35.5. The fourth-order valence-corrected chi connectivity index (χ4v) is 5.04. The molecule has 2 saturated carbocycles. The van der Waals surface area contributed by atoms with Crippen LogP contribution in [-0.4, -0.2) is 5.88 Å². The number of unbranched alkanes of at least 4 members (excludes halogenated alkanes) is 2. The molecule has 0 bridgehead atoms. The van der Waals surface area contributed by atoms with E-state index in [-0.39, 0.29) is 0 Å². The van der Waals surface area contributed by atoms with Crippen molar-refractivity contribution in [3.63, 3.8) is 0 Å². The highest BCUT2D eigenvalue weighted by molar-refractivity contribution is 6.17.